The Kier molecular flexibility index (Phi) is 13.9. The summed E-state index contributed by atoms with van der Waals surface area (Å²) in [6.07, 6.45) is 18.1. The van der Waals surface area contributed by atoms with E-state index in [-0.39, 0.29) is 18.0 Å². The molecule has 0 aromatic heterocycles. The average Bonchev–Trinajstić information content (AvgIpc) is 2.66. The second-order valence-electron chi connectivity index (χ2n) is 9.96. The fourth-order valence-electron chi connectivity index (χ4n) is 4.04. The van der Waals surface area contributed by atoms with Gasteiger partial charge in [0.05, 0.1) is 6.04 Å². The normalized spacial score (nSPS) is 17.3. The zero-order chi connectivity index (χ0) is 22.2. The van der Waals surface area contributed by atoms with Gasteiger partial charge >= 0.3 is 6.09 Å². The minimum atomic E-state index is -0.497. The standard InChI is InChI=1S/C25H48N2O3/c1-5-6-7-8-9-10-11-12-13-14-15-16-17-20-27-21-22(18-19-23(27)28)26-24(29)30-25(2,3)4/h22H,5-21H2,1-4H3,(H,26,29)/t22-/m0/s1. The van der Waals surface area contributed by atoms with Crippen LogP contribution in [0.4, 0.5) is 4.79 Å². The van der Waals surface area contributed by atoms with Gasteiger partial charge in [0.25, 0.3) is 0 Å². The van der Waals surface area contributed by atoms with Crippen LogP contribution in [0.25, 0.3) is 0 Å². The first-order valence-electron chi connectivity index (χ1n) is 12.6. The SMILES string of the molecule is CCCCCCCCCCCCCCCN1C[C@@H](NC(=O)OC(C)(C)C)CCC1=O. The van der Waals surface area contributed by atoms with Crippen molar-refractivity contribution in [3.05, 3.63) is 0 Å². The third-order valence-electron chi connectivity index (χ3n) is 5.75. The summed E-state index contributed by atoms with van der Waals surface area (Å²) in [7, 11) is 0. The summed E-state index contributed by atoms with van der Waals surface area (Å²) in [6, 6.07) is -0.000442. The number of amides is 2. The van der Waals surface area contributed by atoms with Crippen molar-refractivity contribution >= 4 is 12.0 Å². The van der Waals surface area contributed by atoms with Gasteiger partial charge in [-0.1, -0.05) is 84.0 Å². The van der Waals surface area contributed by atoms with E-state index in [2.05, 4.69) is 12.2 Å². The van der Waals surface area contributed by atoms with Crippen LogP contribution in [0.3, 0.4) is 0 Å². The van der Waals surface area contributed by atoms with Gasteiger partial charge in [-0.05, 0) is 33.6 Å². The Morgan fingerprint density at radius 2 is 1.43 bits per heavy atom. The van der Waals surface area contributed by atoms with Crippen molar-refractivity contribution < 1.29 is 14.3 Å². The van der Waals surface area contributed by atoms with Gasteiger partial charge in [-0.2, -0.15) is 0 Å². The lowest BCUT2D eigenvalue weighted by Crippen LogP contribution is -2.51. The first kappa shape index (κ1) is 26.8. The Bertz CT molecular complexity index is 474. The van der Waals surface area contributed by atoms with Crippen LogP contribution < -0.4 is 5.32 Å². The smallest absolute Gasteiger partial charge is 0.407 e. The number of likely N-dealkylation sites (tertiary alicyclic amines) is 1. The van der Waals surface area contributed by atoms with Gasteiger partial charge in [-0.3, -0.25) is 4.79 Å². The maximum atomic E-state index is 12.2. The van der Waals surface area contributed by atoms with Crippen LogP contribution >= 0.6 is 0 Å². The summed E-state index contributed by atoms with van der Waals surface area (Å²) < 4.78 is 5.33. The lowest BCUT2D eigenvalue weighted by molar-refractivity contribution is -0.134. The maximum absolute atomic E-state index is 12.2. The summed E-state index contributed by atoms with van der Waals surface area (Å²) in [4.78, 5) is 26.1. The zero-order valence-electron chi connectivity index (χ0n) is 20.3. The highest BCUT2D eigenvalue weighted by molar-refractivity contribution is 5.77. The molecular weight excluding hydrogens is 376 g/mol. The van der Waals surface area contributed by atoms with E-state index in [1.165, 1.54) is 77.0 Å². The van der Waals surface area contributed by atoms with E-state index in [0.717, 1.165) is 13.0 Å². The minimum Gasteiger partial charge on any atom is -0.444 e. The Morgan fingerprint density at radius 1 is 0.933 bits per heavy atom. The highest BCUT2D eigenvalue weighted by Crippen LogP contribution is 2.16. The molecule has 5 nitrogen and oxygen atoms in total. The second-order valence-corrected chi connectivity index (χ2v) is 9.96. The Labute approximate surface area is 185 Å². The summed E-state index contributed by atoms with van der Waals surface area (Å²) in [5.41, 5.74) is -0.497. The zero-order valence-corrected chi connectivity index (χ0v) is 20.3. The molecule has 0 bridgehead atoms. The van der Waals surface area contributed by atoms with Crippen LogP contribution in [0.15, 0.2) is 0 Å². The molecule has 0 unspecified atom stereocenters. The van der Waals surface area contributed by atoms with Crippen molar-refractivity contribution in [2.24, 2.45) is 0 Å². The highest BCUT2D eigenvalue weighted by atomic mass is 16.6. The maximum Gasteiger partial charge on any atom is 0.407 e. The van der Waals surface area contributed by atoms with E-state index in [4.69, 9.17) is 4.74 Å². The van der Waals surface area contributed by atoms with Gasteiger partial charge < -0.3 is 15.0 Å². The number of nitrogens with one attached hydrogen (secondary N) is 1. The molecule has 0 saturated carbocycles. The molecule has 5 heteroatoms. The molecule has 1 saturated heterocycles. The number of carbonyl (C=O) groups excluding carboxylic acids is 2. The summed E-state index contributed by atoms with van der Waals surface area (Å²) >= 11 is 0. The molecule has 0 radical (unpaired) electrons. The van der Waals surface area contributed by atoms with Crippen molar-refractivity contribution in [1.82, 2.24) is 10.2 Å². The third kappa shape index (κ3) is 13.9. The molecule has 1 atom stereocenters. The highest BCUT2D eigenvalue weighted by Gasteiger charge is 2.27. The lowest BCUT2D eigenvalue weighted by atomic mass is 10.0. The molecule has 30 heavy (non-hydrogen) atoms. The summed E-state index contributed by atoms with van der Waals surface area (Å²) in [5, 5.41) is 2.92. The lowest BCUT2D eigenvalue weighted by Gasteiger charge is -2.33. The number of alkyl carbamates (subject to hydrolysis) is 1. The fourth-order valence-corrected chi connectivity index (χ4v) is 4.04. The molecule has 0 aliphatic carbocycles. The Balaban J connectivity index is 2.03. The van der Waals surface area contributed by atoms with Crippen LogP contribution in [0, 0.1) is 0 Å². The Hall–Kier alpha value is -1.26. The molecule has 0 spiro atoms. The molecule has 1 heterocycles. The van der Waals surface area contributed by atoms with Gasteiger partial charge in [-0.15, -0.1) is 0 Å². The molecule has 1 aliphatic heterocycles. The summed E-state index contributed by atoms with van der Waals surface area (Å²) in [6.45, 7) is 9.26. The van der Waals surface area contributed by atoms with E-state index in [9.17, 15) is 9.59 Å². The topological polar surface area (TPSA) is 58.6 Å². The number of piperidine rings is 1. The predicted molar refractivity (Wildman–Crippen MR) is 125 cm³/mol. The van der Waals surface area contributed by atoms with Crippen molar-refractivity contribution in [3.8, 4) is 0 Å². The number of hydrogen-bond acceptors (Lipinski definition) is 3. The molecule has 1 rings (SSSR count). The van der Waals surface area contributed by atoms with Gasteiger partial charge in [-0.25, -0.2) is 4.79 Å². The molecule has 1 aliphatic rings. The van der Waals surface area contributed by atoms with E-state index >= 15 is 0 Å². The largest absolute Gasteiger partial charge is 0.444 e. The number of nitrogens with zero attached hydrogens (tertiary/aromatic N) is 1. The molecule has 0 aromatic rings. The van der Waals surface area contributed by atoms with Crippen LogP contribution in [0.1, 0.15) is 124 Å². The van der Waals surface area contributed by atoms with Gasteiger partial charge in [0, 0.05) is 19.5 Å². The molecule has 176 valence electrons. The number of unbranched alkanes of at least 4 members (excludes halogenated alkanes) is 12. The molecule has 1 fully saturated rings. The monoisotopic (exact) mass is 424 g/mol. The molecular formula is C25H48N2O3. The van der Waals surface area contributed by atoms with Crippen molar-refractivity contribution in [2.45, 2.75) is 136 Å². The van der Waals surface area contributed by atoms with Crippen molar-refractivity contribution in [3.63, 3.8) is 0 Å². The van der Waals surface area contributed by atoms with E-state index in [1.54, 1.807) is 0 Å². The van der Waals surface area contributed by atoms with Gasteiger partial charge in [0.15, 0.2) is 0 Å². The number of ether oxygens (including phenoxy) is 1. The number of carbonyl (C=O) groups is 2. The quantitative estimate of drug-likeness (QED) is 0.302. The average molecular weight is 425 g/mol. The van der Waals surface area contributed by atoms with Crippen LogP contribution in [-0.4, -0.2) is 41.6 Å². The first-order chi connectivity index (χ1) is 14.3. The van der Waals surface area contributed by atoms with Crippen LogP contribution in [0.2, 0.25) is 0 Å². The molecule has 1 N–H and O–H groups in total. The van der Waals surface area contributed by atoms with E-state index < -0.39 is 5.60 Å². The summed E-state index contributed by atoms with van der Waals surface area (Å²) in [5.74, 6) is 0.219. The third-order valence-corrected chi connectivity index (χ3v) is 5.75. The number of hydrogen-bond donors (Lipinski definition) is 1. The van der Waals surface area contributed by atoms with E-state index in [1.807, 2.05) is 25.7 Å². The van der Waals surface area contributed by atoms with Crippen LogP contribution in [0.5, 0.6) is 0 Å². The van der Waals surface area contributed by atoms with Gasteiger partial charge in [0.1, 0.15) is 5.60 Å². The minimum absolute atomic E-state index is 0.000442. The van der Waals surface area contributed by atoms with Crippen LogP contribution in [-0.2, 0) is 9.53 Å². The van der Waals surface area contributed by atoms with Crippen molar-refractivity contribution in [2.75, 3.05) is 13.1 Å². The predicted octanol–water partition coefficient (Wildman–Crippen LogP) is 6.59. The second kappa shape index (κ2) is 15.5. The molecule has 0 aromatic carbocycles. The van der Waals surface area contributed by atoms with E-state index in [0.29, 0.717) is 19.4 Å². The number of rotatable bonds is 15. The first-order valence-corrected chi connectivity index (χ1v) is 12.6. The Morgan fingerprint density at radius 3 is 1.93 bits per heavy atom. The van der Waals surface area contributed by atoms with Crippen molar-refractivity contribution in [1.29, 1.82) is 0 Å². The van der Waals surface area contributed by atoms with Gasteiger partial charge in [0.2, 0.25) is 5.91 Å². The molecule has 2 amide bonds. The fraction of sp³-hybridized carbons (Fsp3) is 0.920.